The molecule has 0 aromatic rings. The highest BCUT2D eigenvalue weighted by molar-refractivity contribution is 5.76. The number of hydrogen-bond acceptors (Lipinski definition) is 1. The van der Waals surface area contributed by atoms with E-state index in [0.717, 1.165) is 12.8 Å². The van der Waals surface area contributed by atoms with Crippen LogP contribution >= 0.6 is 0 Å². The van der Waals surface area contributed by atoms with Crippen LogP contribution in [0.5, 0.6) is 0 Å². The lowest BCUT2D eigenvalue weighted by atomic mass is 9.89. The molecule has 0 aliphatic carbocycles. The van der Waals surface area contributed by atoms with Crippen LogP contribution in [0, 0.1) is 11.8 Å². The van der Waals surface area contributed by atoms with Gasteiger partial charge in [-0.3, -0.25) is 4.79 Å². The van der Waals surface area contributed by atoms with E-state index in [2.05, 4.69) is 20.8 Å². The largest absolute Gasteiger partial charge is 0.369 e. The van der Waals surface area contributed by atoms with Gasteiger partial charge in [0.05, 0.1) is 0 Å². The zero-order chi connectivity index (χ0) is 15.9. The highest BCUT2D eigenvalue weighted by Gasteiger charge is 2.18. The number of hydrogen-bond donors (Lipinski definition) is 1. The summed E-state index contributed by atoms with van der Waals surface area (Å²) >= 11 is 0. The van der Waals surface area contributed by atoms with Crippen molar-refractivity contribution in [3.8, 4) is 0 Å². The topological polar surface area (TPSA) is 43.1 Å². The number of carbonyl (C=O) groups is 1. The molecule has 0 aliphatic heterocycles. The Balaban J connectivity index is 3.27. The quantitative estimate of drug-likeness (QED) is 0.379. The minimum absolute atomic E-state index is 0.0770. The fourth-order valence-electron chi connectivity index (χ4n) is 3.01. The van der Waals surface area contributed by atoms with Crippen molar-refractivity contribution in [1.82, 2.24) is 0 Å². The zero-order valence-corrected chi connectivity index (χ0v) is 14.8. The van der Waals surface area contributed by atoms with Gasteiger partial charge in [-0.1, -0.05) is 97.8 Å². The van der Waals surface area contributed by atoms with Crippen LogP contribution in [0.25, 0.3) is 0 Å². The number of amides is 1. The van der Waals surface area contributed by atoms with Gasteiger partial charge < -0.3 is 5.73 Å². The minimum Gasteiger partial charge on any atom is -0.369 e. The van der Waals surface area contributed by atoms with Gasteiger partial charge in [0.2, 0.25) is 5.91 Å². The zero-order valence-electron chi connectivity index (χ0n) is 14.8. The second-order valence-corrected chi connectivity index (χ2v) is 6.93. The summed E-state index contributed by atoms with van der Waals surface area (Å²) < 4.78 is 0. The Morgan fingerprint density at radius 2 is 1.14 bits per heavy atom. The monoisotopic (exact) mass is 297 g/mol. The van der Waals surface area contributed by atoms with E-state index in [9.17, 15) is 4.79 Å². The minimum atomic E-state index is -0.118. The van der Waals surface area contributed by atoms with Crippen molar-refractivity contribution in [2.75, 3.05) is 0 Å². The summed E-state index contributed by atoms with van der Waals surface area (Å²) in [6.07, 6.45) is 17.3. The van der Waals surface area contributed by atoms with Crippen molar-refractivity contribution in [3.05, 3.63) is 0 Å². The first kappa shape index (κ1) is 20.5. The van der Waals surface area contributed by atoms with Crippen LogP contribution in [0.2, 0.25) is 0 Å². The molecule has 0 radical (unpaired) electrons. The van der Waals surface area contributed by atoms with Gasteiger partial charge in [-0.15, -0.1) is 0 Å². The van der Waals surface area contributed by atoms with E-state index in [4.69, 9.17) is 5.73 Å². The lowest BCUT2D eigenvalue weighted by Gasteiger charge is -2.16. The highest BCUT2D eigenvalue weighted by Crippen LogP contribution is 2.19. The summed E-state index contributed by atoms with van der Waals surface area (Å²) in [6, 6.07) is 0. The van der Waals surface area contributed by atoms with Crippen molar-refractivity contribution in [2.45, 2.75) is 104 Å². The number of primary amides is 1. The van der Waals surface area contributed by atoms with Gasteiger partial charge in [0, 0.05) is 5.92 Å². The predicted molar refractivity (Wildman–Crippen MR) is 93.2 cm³/mol. The standard InChI is InChI=1S/C19H39NO/c1-4-5-6-7-8-9-10-11-12-13-14-15-16-18(17(2)3)19(20)21/h17-18H,4-16H2,1-3H3,(H2,20,21). The maximum atomic E-state index is 11.3. The Hall–Kier alpha value is -0.530. The van der Waals surface area contributed by atoms with E-state index < -0.39 is 0 Å². The van der Waals surface area contributed by atoms with Gasteiger partial charge >= 0.3 is 0 Å². The molecule has 126 valence electrons. The average molecular weight is 298 g/mol. The first-order chi connectivity index (χ1) is 10.1. The van der Waals surface area contributed by atoms with Crippen LogP contribution < -0.4 is 5.73 Å². The Morgan fingerprint density at radius 1 is 0.762 bits per heavy atom. The van der Waals surface area contributed by atoms with E-state index in [-0.39, 0.29) is 11.8 Å². The summed E-state index contributed by atoms with van der Waals surface area (Å²) in [6.45, 7) is 6.46. The molecule has 0 rings (SSSR count). The van der Waals surface area contributed by atoms with Gasteiger partial charge in [-0.05, 0) is 12.3 Å². The fraction of sp³-hybridized carbons (Fsp3) is 0.947. The van der Waals surface area contributed by atoms with Crippen LogP contribution in [0.15, 0.2) is 0 Å². The van der Waals surface area contributed by atoms with Gasteiger partial charge in [0.1, 0.15) is 0 Å². The fourth-order valence-corrected chi connectivity index (χ4v) is 3.01. The van der Waals surface area contributed by atoms with Crippen molar-refractivity contribution in [1.29, 1.82) is 0 Å². The lowest BCUT2D eigenvalue weighted by Crippen LogP contribution is -2.27. The highest BCUT2D eigenvalue weighted by atomic mass is 16.1. The van der Waals surface area contributed by atoms with E-state index in [0.29, 0.717) is 5.92 Å². The van der Waals surface area contributed by atoms with Gasteiger partial charge in [-0.2, -0.15) is 0 Å². The Bertz CT molecular complexity index is 238. The normalized spacial score (nSPS) is 12.8. The summed E-state index contributed by atoms with van der Waals surface area (Å²) in [4.78, 5) is 11.3. The van der Waals surface area contributed by atoms with Gasteiger partial charge in [-0.25, -0.2) is 0 Å². The number of unbranched alkanes of at least 4 members (excludes halogenated alkanes) is 11. The average Bonchev–Trinajstić information content (AvgIpc) is 2.43. The molecule has 2 heteroatoms. The van der Waals surface area contributed by atoms with Crippen molar-refractivity contribution in [3.63, 3.8) is 0 Å². The van der Waals surface area contributed by atoms with Crippen molar-refractivity contribution in [2.24, 2.45) is 17.6 Å². The Labute approximate surface area is 133 Å². The van der Waals surface area contributed by atoms with Crippen molar-refractivity contribution < 1.29 is 4.79 Å². The first-order valence-electron chi connectivity index (χ1n) is 9.38. The summed E-state index contributed by atoms with van der Waals surface area (Å²) in [5.41, 5.74) is 5.44. The summed E-state index contributed by atoms with van der Waals surface area (Å²) in [5, 5.41) is 0. The molecule has 0 fully saturated rings. The molecule has 0 heterocycles. The smallest absolute Gasteiger partial charge is 0.220 e. The molecule has 0 aromatic heterocycles. The van der Waals surface area contributed by atoms with Gasteiger partial charge in [0.25, 0.3) is 0 Å². The number of rotatable bonds is 15. The van der Waals surface area contributed by atoms with E-state index >= 15 is 0 Å². The molecule has 0 aromatic carbocycles. The first-order valence-corrected chi connectivity index (χ1v) is 9.38. The Morgan fingerprint density at radius 3 is 1.48 bits per heavy atom. The van der Waals surface area contributed by atoms with Crippen LogP contribution in [-0.2, 0) is 4.79 Å². The third kappa shape index (κ3) is 12.9. The van der Waals surface area contributed by atoms with E-state index in [1.807, 2.05) is 0 Å². The van der Waals surface area contributed by atoms with E-state index in [1.165, 1.54) is 70.6 Å². The molecule has 0 saturated heterocycles. The molecule has 0 saturated carbocycles. The maximum Gasteiger partial charge on any atom is 0.220 e. The number of carbonyl (C=O) groups excluding carboxylic acids is 1. The summed E-state index contributed by atoms with van der Waals surface area (Å²) in [5.74, 6) is 0.344. The molecular formula is C19H39NO. The van der Waals surface area contributed by atoms with Gasteiger partial charge in [0.15, 0.2) is 0 Å². The number of nitrogens with two attached hydrogens (primary N) is 1. The lowest BCUT2D eigenvalue weighted by molar-refractivity contribution is -0.123. The second-order valence-electron chi connectivity index (χ2n) is 6.93. The summed E-state index contributed by atoms with van der Waals surface area (Å²) in [7, 11) is 0. The molecule has 1 unspecified atom stereocenters. The Kier molecular flexibility index (Phi) is 14.0. The molecular weight excluding hydrogens is 258 g/mol. The van der Waals surface area contributed by atoms with Crippen LogP contribution in [0.3, 0.4) is 0 Å². The molecule has 1 amide bonds. The molecule has 2 N–H and O–H groups in total. The third-order valence-electron chi connectivity index (χ3n) is 4.54. The molecule has 0 aliphatic rings. The van der Waals surface area contributed by atoms with Crippen LogP contribution in [0.1, 0.15) is 104 Å². The predicted octanol–water partition coefficient (Wildman–Crippen LogP) is 5.84. The van der Waals surface area contributed by atoms with E-state index in [1.54, 1.807) is 0 Å². The SMILES string of the molecule is CCCCCCCCCCCCCCC(C(N)=O)C(C)C. The van der Waals surface area contributed by atoms with Crippen LogP contribution in [-0.4, -0.2) is 5.91 Å². The molecule has 0 spiro atoms. The molecule has 2 nitrogen and oxygen atoms in total. The molecule has 1 atom stereocenters. The van der Waals surface area contributed by atoms with Crippen LogP contribution in [0.4, 0.5) is 0 Å². The molecule has 0 bridgehead atoms. The third-order valence-corrected chi connectivity index (χ3v) is 4.54. The van der Waals surface area contributed by atoms with Crippen molar-refractivity contribution >= 4 is 5.91 Å². The maximum absolute atomic E-state index is 11.3. The second kappa shape index (κ2) is 14.4. The molecule has 21 heavy (non-hydrogen) atoms.